The smallest absolute Gasteiger partial charge is 0.326 e. The quantitative estimate of drug-likeness (QED) is 0.538. The zero-order valence-electron chi connectivity index (χ0n) is 15.6. The van der Waals surface area contributed by atoms with Gasteiger partial charge in [-0.1, -0.05) is 18.6 Å². The van der Waals surface area contributed by atoms with Gasteiger partial charge >= 0.3 is 5.97 Å². The maximum absolute atomic E-state index is 12.3. The molecule has 0 fully saturated rings. The van der Waals surface area contributed by atoms with E-state index in [0.29, 0.717) is 11.3 Å². The number of nitrogens with one attached hydrogen (secondary N) is 1. The van der Waals surface area contributed by atoms with Gasteiger partial charge in [-0.05, 0) is 25.5 Å². The van der Waals surface area contributed by atoms with Gasteiger partial charge < -0.3 is 15.2 Å². The molecule has 1 amide bonds. The second-order valence-electron chi connectivity index (χ2n) is 6.11. The molecule has 1 rings (SSSR count). The monoisotopic (exact) mass is 399 g/mol. The number of carbonyl (C=O) groups is 3. The molecular formula is C18H25NO7S. The number of carbonyl (C=O) groups excluding carboxylic acids is 2. The van der Waals surface area contributed by atoms with Gasteiger partial charge in [0.25, 0.3) is 0 Å². The molecular weight excluding hydrogens is 374 g/mol. The van der Waals surface area contributed by atoms with Crippen molar-refractivity contribution in [3.8, 4) is 5.75 Å². The van der Waals surface area contributed by atoms with Gasteiger partial charge in [0.15, 0.2) is 5.78 Å². The predicted molar refractivity (Wildman–Crippen MR) is 99.8 cm³/mol. The van der Waals surface area contributed by atoms with Crippen molar-refractivity contribution in [3.63, 3.8) is 0 Å². The van der Waals surface area contributed by atoms with E-state index in [9.17, 15) is 22.8 Å². The number of sulfone groups is 1. The molecule has 0 aliphatic heterocycles. The number of amides is 1. The fourth-order valence-corrected chi connectivity index (χ4v) is 3.25. The summed E-state index contributed by atoms with van der Waals surface area (Å²) in [5.41, 5.74) is 1.22. The Morgan fingerprint density at radius 3 is 2.44 bits per heavy atom. The minimum atomic E-state index is -3.34. The number of methoxy groups -OCH3 is 1. The number of Topliss-reactive ketones (excluding diaryl/α,β-unsaturated/α-hetero) is 1. The molecule has 0 saturated carbocycles. The first kappa shape index (κ1) is 22.6. The molecule has 0 radical (unpaired) electrons. The number of ether oxygens (including phenoxy) is 1. The van der Waals surface area contributed by atoms with Gasteiger partial charge in [0, 0.05) is 18.6 Å². The molecule has 0 spiro atoms. The van der Waals surface area contributed by atoms with Crippen LogP contribution < -0.4 is 10.1 Å². The second kappa shape index (κ2) is 10.1. The number of benzene rings is 1. The van der Waals surface area contributed by atoms with Crippen molar-refractivity contribution in [2.24, 2.45) is 0 Å². The number of carboxylic acid groups (broad SMARTS) is 1. The zero-order valence-corrected chi connectivity index (χ0v) is 16.5. The minimum Gasteiger partial charge on any atom is -0.496 e. The Morgan fingerprint density at radius 1 is 1.22 bits per heavy atom. The zero-order chi connectivity index (χ0) is 20.6. The summed E-state index contributed by atoms with van der Waals surface area (Å²) in [6.07, 6.45) is -0.553. The lowest BCUT2D eigenvalue weighted by Crippen LogP contribution is -2.42. The molecule has 0 saturated heterocycles. The van der Waals surface area contributed by atoms with Crippen LogP contribution in [0.2, 0.25) is 0 Å². The molecule has 0 bridgehead atoms. The highest BCUT2D eigenvalue weighted by Crippen LogP contribution is 2.21. The van der Waals surface area contributed by atoms with Crippen molar-refractivity contribution in [1.82, 2.24) is 5.32 Å². The van der Waals surface area contributed by atoms with Crippen LogP contribution in [-0.4, -0.2) is 55.8 Å². The standard InChI is InChI=1S/C18H25NO7S/c1-4-27(24,25)10-9-14(18(22)23)19-17(21)8-6-15(20)13-11-12(2)5-7-16(13)26-3/h5,7,11,14H,4,6,8-10H2,1-3H3,(H,19,21)(H,22,23). The summed E-state index contributed by atoms with van der Waals surface area (Å²) in [5.74, 6) is -2.27. The van der Waals surface area contributed by atoms with E-state index in [4.69, 9.17) is 9.84 Å². The Bertz CT molecular complexity index is 802. The Kier molecular flexibility index (Phi) is 8.42. The molecule has 1 atom stereocenters. The summed E-state index contributed by atoms with van der Waals surface area (Å²) in [6, 6.07) is 3.80. The molecule has 150 valence electrons. The number of aryl methyl sites for hydroxylation is 1. The summed E-state index contributed by atoms with van der Waals surface area (Å²) in [4.78, 5) is 35.6. The van der Waals surface area contributed by atoms with Crippen molar-refractivity contribution in [1.29, 1.82) is 0 Å². The number of hydrogen-bond acceptors (Lipinski definition) is 6. The van der Waals surface area contributed by atoms with Crippen LogP contribution in [0.1, 0.15) is 42.1 Å². The number of hydrogen-bond donors (Lipinski definition) is 2. The third kappa shape index (κ3) is 7.38. The van der Waals surface area contributed by atoms with Gasteiger partial charge in [-0.25, -0.2) is 13.2 Å². The summed E-state index contributed by atoms with van der Waals surface area (Å²) in [5, 5.41) is 11.4. The predicted octanol–water partition coefficient (Wildman–Crippen LogP) is 1.36. The minimum absolute atomic E-state index is 0.0971. The average Bonchev–Trinajstić information content (AvgIpc) is 2.62. The fraction of sp³-hybridized carbons (Fsp3) is 0.500. The molecule has 1 aromatic carbocycles. The van der Waals surface area contributed by atoms with Crippen LogP contribution in [0.5, 0.6) is 5.75 Å². The molecule has 0 aromatic heterocycles. The normalized spacial score (nSPS) is 12.3. The maximum atomic E-state index is 12.3. The highest BCUT2D eigenvalue weighted by atomic mass is 32.2. The number of carboxylic acids is 1. The largest absolute Gasteiger partial charge is 0.496 e. The molecule has 0 aliphatic rings. The first-order valence-electron chi connectivity index (χ1n) is 8.50. The lowest BCUT2D eigenvalue weighted by Gasteiger charge is -2.14. The third-order valence-corrected chi connectivity index (χ3v) is 5.76. The molecule has 2 N–H and O–H groups in total. The van der Waals surface area contributed by atoms with E-state index in [0.717, 1.165) is 5.56 Å². The van der Waals surface area contributed by atoms with Crippen LogP contribution in [-0.2, 0) is 19.4 Å². The Balaban J connectivity index is 2.66. The molecule has 8 nitrogen and oxygen atoms in total. The summed E-state index contributed by atoms with van der Waals surface area (Å²) in [7, 11) is -1.90. The lowest BCUT2D eigenvalue weighted by atomic mass is 10.0. The SMILES string of the molecule is CCS(=O)(=O)CCC(NC(=O)CCC(=O)c1cc(C)ccc1OC)C(=O)O. The van der Waals surface area contributed by atoms with E-state index < -0.39 is 27.8 Å². The average molecular weight is 399 g/mol. The van der Waals surface area contributed by atoms with Crippen LogP contribution >= 0.6 is 0 Å². The second-order valence-corrected chi connectivity index (χ2v) is 8.58. The van der Waals surface area contributed by atoms with E-state index in [1.807, 2.05) is 6.92 Å². The van der Waals surface area contributed by atoms with Crippen LogP contribution in [0.4, 0.5) is 0 Å². The lowest BCUT2D eigenvalue weighted by molar-refractivity contribution is -0.141. The van der Waals surface area contributed by atoms with E-state index in [1.54, 1.807) is 18.2 Å². The highest BCUT2D eigenvalue weighted by molar-refractivity contribution is 7.91. The van der Waals surface area contributed by atoms with Gasteiger partial charge in [-0.3, -0.25) is 9.59 Å². The molecule has 0 heterocycles. The van der Waals surface area contributed by atoms with Gasteiger partial charge in [0.1, 0.15) is 21.6 Å². The van der Waals surface area contributed by atoms with Gasteiger partial charge in [-0.2, -0.15) is 0 Å². The van der Waals surface area contributed by atoms with Crippen molar-refractivity contribution in [2.45, 2.75) is 39.2 Å². The topological polar surface area (TPSA) is 127 Å². The number of rotatable bonds is 11. The third-order valence-electron chi connectivity index (χ3n) is 4.03. The fourth-order valence-electron chi connectivity index (χ4n) is 2.37. The summed E-state index contributed by atoms with van der Waals surface area (Å²) >= 11 is 0. The van der Waals surface area contributed by atoms with Crippen LogP contribution in [0.15, 0.2) is 18.2 Å². The van der Waals surface area contributed by atoms with Crippen molar-refractivity contribution in [2.75, 3.05) is 18.6 Å². The number of ketones is 1. The Morgan fingerprint density at radius 2 is 1.89 bits per heavy atom. The maximum Gasteiger partial charge on any atom is 0.326 e. The molecule has 1 aromatic rings. The molecule has 1 unspecified atom stereocenters. The van der Waals surface area contributed by atoms with E-state index >= 15 is 0 Å². The van der Waals surface area contributed by atoms with Crippen LogP contribution in [0, 0.1) is 6.92 Å². The Labute approximate surface area is 158 Å². The molecule has 27 heavy (non-hydrogen) atoms. The van der Waals surface area contributed by atoms with E-state index in [-0.39, 0.29) is 36.6 Å². The number of aliphatic carboxylic acids is 1. The van der Waals surface area contributed by atoms with Gasteiger partial charge in [0.2, 0.25) is 5.91 Å². The molecule has 9 heteroatoms. The van der Waals surface area contributed by atoms with Crippen molar-refractivity contribution in [3.05, 3.63) is 29.3 Å². The van der Waals surface area contributed by atoms with E-state index in [1.165, 1.54) is 14.0 Å². The van der Waals surface area contributed by atoms with E-state index in [2.05, 4.69) is 5.32 Å². The highest BCUT2D eigenvalue weighted by Gasteiger charge is 2.23. The first-order valence-corrected chi connectivity index (χ1v) is 10.3. The van der Waals surface area contributed by atoms with Crippen molar-refractivity contribution >= 4 is 27.5 Å². The summed E-state index contributed by atoms with van der Waals surface area (Å²) in [6.45, 7) is 3.29. The van der Waals surface area contributed by atoms with Gasteiger partial charge in [0.05, 0.1) is 18.4 Å². The first-order chi connectivity index (χ1) is 12.6. The van der Waals surface area contributed by atoms with Gasteiger partial charge in [-0.15, -0.1) is 0 Å². The summed E-state index contributed by atoms with van der Waals surface area (Å²) < 4.78 is 28.2. The van der Waals surface area contributed by atoms with Crippen molar-refractivity contribution < 1.29 is 32.6 Å². The van der Waals surface area contributed by atoms with Crippen LogP contribution in [0.3, 0.4) is 0 Å². The molecule has 0 aliphatic carbocycles. The Hall–Kier alpha value is -2.42. The van der Waals surface area contributed by atoms with Crippen LogP contribution in [0.25, 0.3) is 0 Å².